The molecule has 0 aromatic heterocycles. The Morgan fingerprint density at radius 1 is 1.26 bits per heavy atom. The Bertz CT molecular complexity index is 648. The Balaban J connectivity index is 2.57. The van der Waals surface area contributed by atoms with Gasteiger partial charge in [0.2, 0.25) is 0 Å². The molecule has 1 fully saturated rings. The summed E-state index contributed by atoms with van der Waals surface area (Å²) < 4.78 is 23.3. The lowest BCUT2D eigenvalue weighted by molar-refractivity contribution is 0.0949. The van der Waals surface area contributed by atoms with Crippen LogP contribution in [0.15, 0.2) is 11.0 Å². The molecule has 1 aliphatic carbocycles. The maximum atomic E-state index is 12.2. The van der Waals surface area contributed by atoms with E-state index in [1.165, 1.54) is 0 Å². The van der Waals surface area contributed by atoms with E-state index in [2.05, 4.69) is 5.32 Å². The topological polar surface area (TPSA) is 63.2 Å². The van der Waals surface area contributed by atoms with E-state index in [9.17, 15) is 13.2 Å². The Morgan fingerprint density at radius 3 is 2.32 bits per heavy atom. The molecular formula is C13H16ClNO3S. The van der Waals surface area contributed by atoms with Crippen LogP contribution in [-0.2, 0) is 9.05 Å². The summed E-state index contributed by atoms with van der Waals surface area (Å²) in [5.41, 5.74) is 2.16. The van der Waals surface area contributed by atoms with Crippen LogP contribution < -0.4 is 5.32 Å². The van der Waals surface area contributed by atoms with Gasteiger partial charge in [-0.3, -0.25) is 4.79 Å². The van der Waals surface area contributed by atoms with E-state index >= 15 is 0 Å². The zero-order valence-electron chi connectivity index (χ0n) is 11.1. The maximum absolute atomic E-state index is 12.2. The van der Waals surface area contributed by atoms with Crippen LogP contribution in [0.5, 0.6) is 0 Å². The predicted octanol–water partition coefficient (Wildman–Crippen LogP) is 2.43. The van der Waals surface area contributed by atoms with E-state index in [4.69, 9.17) is 10.7 Å². The molecule has 1 saturated carbocycles. The third-order valence-electron chi connectivity index (χ3n) is 3.28. The first-order valence-electron chi connectivity index (χ1n) is 6.08. The molecule has 19 heavy (non-hydrogen) atoms. The molecule has 0 atom stereocenters. The molecule has 1 aromatic rings. The van der Waals surface area contributed by atoms with Gasteiger partial charge in [0.15, 0.2) is 0 Å². The van der Waals surface area contributed by atoms with Crippen LogP contribution in [0.4, 0.5) is 0 Å². The van der Waals surface area contributed by atoms with Gasteiger partial charge < -0.3 is 5.32 Å². The Labute approximate surface area is 117 Å². The second-order valence-electron chi connectivity index (χ2n) is 5.03. The van der Waals surface area contributed by atoms with Gasteiger partial charge in [0.05, 0.1) is 4.90 Å². The van der Waals surface area contributed by atoms with E-state index in [0.29, 0.717) is 16.7 Å². The predicted molar refractivity (Wildman–Crippen MR) is 74.2 cm³/mol. The number of nitrogens with one attached hydrogen (secondary N) is 1. The summed E-state index contributed by atoms with van der Waals surface area (Å²) in [4.78, 5) is 12.2. The third-order valence-corrected chi connectivity index (χ3v) is 4.86. The van der Waals surface area contributed by atoms with Gasteiger partial charge in [-0.05, 0) is 50.3 Å². The Morgan fingerprint density at radius 2 is 1.84 bits per heavy atom. The summed E-state index contributed by atoms with van der Waals surface area (Å²) in [6.45, 7) is 5.10. The highest BCUT2D eigenvalue weighted by atomic mass is 35.7. The summed E-state index contributed by atoms with van der Waals surface area (Å²) >= 11 is 0. The van der Waals surface area contributed by atoms with E-state index in [1.54, 1.807) is 26.8 Å². The number of hydrogen-bond donors (Lipinski definition) is 1. The highest BCUT2D eigenvalue weighted by Gasteiger charge is 2.28. The molecule has 0 saturated heterocycles. The minimum absolute atomic E-state index is 0.0423. The standard InChI is InChI=1S/C13H16ClNO3S/c1-7-6-8(2)12(19(14,17)18)9(3)11(7)13(16)15-10-4-5-10/h6,10H,4-5H2,1-3H3,(H,15,16). The van der Waals surface area contributed by atoms with Crippen molar-refractivity contribution in [2.75, 3.05) is 0 Å². The molecule has 0 aliphatic heterocycles. The molecule has 1 amide bonds. The van der Waals surface area contributed by atoms with Crippen LogP contribution in [0.3, 0.4) is 0 Å². The molecule has 0 unspecified atom stereocenters. The summed E-state index contributed by atoms with van der Waals surface area (Å²) in [6.07, 6.45) is 1.96. The van der Waals surface area contributed by atoms with Crippen LogP contribution in [0, 0.1) is 20.8 Å². The van der Waals surface area contributed by atoms with Gasteiger partial charge in [-0.15, -0.1) is 0 Å². The number of halogens is 1. The van der Waals surface area contributed by atoms with Crippen LogP contribution in [0.1, 0.15) is 39.9 Å². The van der Waals surface area contributed by atoms with Gasteiger partial charge in [0.25, 0.3) is 15.0 Å². The SMILES string of the molecule is Cc1cc(C)c(S(=O)(=O)Cl)c(C)c1C(=O)NC1CC1. The third kappa shape index (κ3) is 2.92. The molecule has 0 spiro atoms. The first-order chi connectivity index (χ1) is 8.71. The summed E-state index contributed by atoms with van der Waals surface area (Å²) in [7, 11) is 1.60. The van der Waals surface area contributed by atoms with Crippen molar-refractivity contribution in [1.29, 1.82) is 0 Å². The average molecular weight is 302 g/mol. The number of amides is 1. The number of carbonyl (C=O) groups is 1. The van der Waals surface area contributed by atoms with Crippen molar-refractivity contribution in [3.63, 3.8) is 0 Å². The summed E-state index contributed by atoms with van der Waals surface area (Å²) in [5.74, 6) is -0.223. The Hall–Kier alpha value is -1.07. The van der Waals surface area contributed by atoms with E-state index in [0.717, 1.165) is 18.4 Å². The summed E-state index contributed by atoms with van der Waals surface area (Å²) in [6, 6.07) is 1.91. The second kappa shape index (κ2) is 4.80. The lowest BCUT2D eigenvalue weighted by Crippen LogP contribution is -2.27. The van der Waals surface area contributed by atoms with Gasteiger partial charge in [-0.1, -0.05) is 6.07 Å². The second-order valence-corrected chi connectivity index (χ2v) is 7.53. The monoisotopic (exact) mass is 301 g/mol. The first-order valence-corrected chi connectivity index (χ1v) is 8.39. The number of benzene rings is 1. The van der Waals surface area contributed by atoms with E-state index in [1.807, 2.05) is 0 Å². The molecule has 0 heterocycles. The summed E-state index contributed by atoms with van der Waals surface area (Å²) in [5, 5.41) is 2.87. The zero-order valence-corrected chi connectivity index (χ0v) is 12.7. The average Bonchev–Trinajstić information content (AvgIpc) is 2.97. The molecule has 4 nitrogen and oxygen atoms in total. The molecule has 2 rings (SSSR count). The normalized spacial score (nSPS) is 15.4. The van der Waals surface area contributed by atoms with Crippen molar-refractivity contribution in [2.45, 2.75) is 44.6 Å². The fourth-order valence-corrected chi connectivity index (χ4v) is 4.00. The fraction of sp³-hybridized carbons (Fsp3) is 0.462. The van der Waals surface area contributed by atoms with Crippen molar-refractivity contribution < 1.29 is 13.2 Å². The first kappa shape index (κ1) is 14.3. The molecule has 0 radical (unpaired) electrons. The van der Waals surface area contributed by atoms with Crippen molar-refractivity contribution in [2.24, 2.45) is 0 Å². The highest BCUT2D eigenvalue weighted by molar-refractivity contribution is 8.13. The van der Waals surface area contributed by atoms with E-state index < -0.39 is 9.05 Å². The smallest absolute Gasteiger partial charge is 0.261 e. The molecule has 0 bridgehead atoms. The number of hydrogen-bond acceptors (Lipinski definition) is 3. The molecule has 1 N–H and O–H groups in total. The fourth-order valence-electron chi connectivity index (χ4n) is 2.38. The van der Waals surface area contributed by atoms with Gasteiger partial charge in [-0.25, -0.2) is 8.42 Å². The van der Waals surface area contributed by atoms with Gasteiger partial charge >= 0.3 is 0 Å². The van der Waals surface area contributed by atoms with Crippen molar-refractivity contribution in [1.82, 2.24) is 5.32 Å². The zero-order chi connectivity index (χ0) is 14.4. The van der Waals surface area contributed by atoms with Crippen LogP contribution in [0.25, 0.3) is 0 Å². The molecule has 1 aromatic carbocycles. The number of rotatable bonds is 3. The number of carbonyl (C=O) groups excluding carboxylic acids is 1. The quantitative estimate of drug-likeness (QED) is 0.872. The van der Waals surface area contributed by atoms with Crippen molar-refractivity contribution >= 4 is 25.6 Å². The Kier molecular flexibility index (Phi) is 3.62. The van der Waals surface area contributed by atoms with Crippen LogP contribution >= 0.6 is 10.7 Å². The lowest BCUT2D eigenvalue weighted by atomic mass is 9.99. The van der Waals surface area contributed by atoms with Crippen LogP contribution in [-0.4, -0.2) is 20.4 Å². The largest absolute Gasteiger partial charge is 0.349 e. The highest BCUT2D eigenvalue weighted by Crippen LogP contribution is 2.29. The van der Waals surface area contributed by atoms with Crippen molar-refractivity contribution in [3.05, 3.63) is 28.3 Å². The van der Waals surface area contributed by atoms with Crippen molar-refractivity contribution in [3.8, 4) is 0 Å². The lowest BCUT2D eigenvalue weighted by Gasteiger charge is -2.15. The van der Waals surface area contributed by atoms with Crippen LogP contribution in [0.2, 0.25) is 0 Å². The molecule has 1 aliphatic rings. The minimum Gasteiger partial charge on any atom is -0.349 e. The van der Waals surface area contributed by atoms with Gasteiger partial charge in [0, 0.05) is 22.3 Å². The number of aryl methyl sites for hydroxylation is 2. The molecule has 104 valence electrons. The molecule has 6 heteroatoms. The minimum atomic E-state index is -3.86. The van der Waals surface area contributed by atoms with Gasteiger partial charge in [0.1, 0.15) is 0 Å². The molecular weight excluding hydrogens is 286 g/mol. The van der Waals surface area contributed by atoms with Gasteiger partial charge in [-0.2, -0.15) is 0 Å². The van der Waals surface area contributed by atoms with E-state index in [-0.39, 0.29) is 16.8 Å². The maximum Gasteiger partial charge on any atom is 0.261 e.